The van der Waals surface area contributed by atoms with Crippen LogP contribution in [-0.4, -0.2) is 11.0 Å². The van der Waals surface area contributed by atoms with E-state index >= 15 is 0 Å². The molecule has 6 heteroatoms. The first-order chi connectivity index (χ1) is 14.1. The van der Waals surface area contributed by atoms with Crippen LogP contribution in [0.2, 0.25) is 5.02 Å². The van der Waals surface area contributed by atoms with E-state index in [9.17, 15) is 10.1 Å². The molecule has 0 aromatic heterocycles. The van der Waals surface area contributed by atoms with E-state index in [1.165, 1.54) is 6.07 Å². The van der Waals surface area contributed by atoms with Crippen LogP contribution in [0, 0.1) is 10.1 Å². The van der Waals surface area contributed by atoms with E-state index in [0.717, 1.165) is 11.3 Å². The normalized spacial score (nSPS) is 19.0. The van der Waals surface area contributed by atoms with Crippen molar-refractivity contribution in [2.75, 3.05) is 5.06 Å². The van der Waals surface area contributed by atoms with Crippen molar-refractivity contribution in [1.29, 1.82) is 0 Å². The molecule has 1 saturated heterocycles. The molecule has 0 N–H and O–H groups in total. The minimum absolute atomic E-state index is 0.0714. The fourth-order valence-electron chi connectivity index (χ4n) is 3.44. The van der Waals surface area contributed by atoms with Crippen LogP contribution in [0.25, 0.3) is 6.08 Å². The van der Waals surface area contributed by atoms with Gasteiger partial charge in [0, 0.05) is 17.5 Å². The maximum absolute atomic E-state index is 11.3. The number of hydroxylamine groups is 1. The lowest BCUT2D eigenvalue weighted by molar-refractivity contribution is -0.385. The Morgan fingerprint density at radius 3 is 2.41 bits per heavy atom. The highest BCUT2D eigenvalue weighted by Crippen LogP contribution is 2.37. The van der Waals surface area contributed by atoms with Crippen LogP contribution >= 0.6 is 11.6 Å². The van der Waals surface area contributed by atoms with Gasteiger partial charge in [-0.1, -0.05) is 60.1 Å². The van der Waals surface area contributed by atoms with Crippen LogP contribution in [0.3, 0.4) is 0 Å². The number of anilines is 1. The number of benzene rings is 3. The van der Waals surface area contributed by atoms with Crippen LogP contribution in [0.15, 0.2) is 84.9 Å². The smallest absolute Gasteiger partial charge is 0.265 e. The Hall–Kier alpha value is -3.15. The van der Waals surface area contributed by atoms with Gasteiger partial charge in [-0.25, -0.2) is 5.06 Å². The number of hydrogen-bond donors (Lipinski definition) is 0. The molecule has 0 amide bonds. The predicted octanol–water partition coefficient (Wildman–Crippen LogP) is 6.21. The first kappa shape index (κ1) is 19.2. The fraction of sp³-hybridized carbons (Fsp3) is 0.130. The number of nitrogens with zero attached hydrogens (tertiary/aromatic N) is 2. The molecule has 0 aliphatic carbocycles. The van der Waals surface area contributed by atoms with Crippen molar-refractivity contribution in [3.8, 4) is 0 Å². The molecule has 3 aromatic rings. The van der Waals surface area contributed by atoms with E-state index < -0.39 is 0 Å². The zero-order valence-corrected chi connectivity index (χ0v) is 16.3. The van der Waals surface area contributed by atoms with Gasteiger partial charge in [0.05, 0.1) is 22.2 Å². The minimum Gasteiger partial charge on any atom is -0.265 e. The zero-order valence-electron chi connectivity index (χ0n) is 15.5. The number of nitro benzene ring substituents is 1. The van der Waals surface area contributed by atoms with Gasteiger partial charge in [0.25, 0.3) is 5.69 Å². The van der Waals surface area contributed by atoms with Gasteiger partial charge in [0.1, 0.15) is 6.10 Å². The van der Waals surface area contributed by atoms with Crippen LogP contribution in [0.5, 0.6) is 0 Å². The van der Waals surface area contributed by atoms with Gasteiger partial charge >= 0.3 is 0 Å². The molecule has 1 aliphatic rings. The van der Waals surface area contributed by atoms with Crippen molar-refractivity contribution in [3.05, 3.63) is 111 Å². The quantitative estimate of drug-likeness (QED) is 0.373. The van der Waals surface area contributed by atoms with Crippen LogP contribution in [-0.2, 0) is 4.84 Å². The highest BCUT2D eigenvalue weighted by Gasteiger charge is 2.33. The molecular weight excluding hydrogens is 388 g/mol. The summed E-state index contributed by atoms with van der Waals surface area (Å²) < 4.78 is 0. The lowest BCUT2D eigenvalue weighted by Crippen LogP contribution is -2.25. The Morgan fingerprint density at radius 2 is 1.69 bits per heavy atom. The minimum atomic E-state index is -0.365. The van der Waals surface area contributed by atoms with Gasteiger partial charge in [0.15, 0.2) is 0 Å². The van der Waals surface area contributed by atoms with E-state index in [0.29, 0.717) is 17.0 Å². The highest BCUT2D eigenvalue weighted by atomic mass is 35.5. The summed E-state index contributed by atoms with van der Waals surface area (Å²) >= 11 is 6.01. The van der Waals surface area contributed by atoms with Crippen molar-refractivity contribution in [3.63, 3.8) is 0 Å². The van der Waals surface area contributed by atoms with Gasteiger partial charge in [-0.15, -0.1) is 0 Å². The van der Waals surface area contributed by atoms with E-state index in [-0.39, 0.29) is 22.8 Å². The topological polar surface area (TPSA) is 55.6 Å². The second-order valence-electron chi connectivity index (χ2n) is 6.79. The largest absolute Gasteiger partial charge is 0.276 e. The summed E-state index contributed by atoms with van der Waals surface area (Å²) in [6.07, 6.45) is 4.35. The Labute approximate surface area is 173 Å². The Bertz CT molecular complexity index is 1020. The van der Waals surface area contributed by atoms with Crippen LogP contribution in [0.4, 0.5) is 11.4 Å². The summed E-state index contributed by atoms with van der Waals surface area (Å²) in [6, 6.07) is 24.1. The van der Waals surface area contributed by atoms with Crippen molar-refractivity contribution in [2.45, 2.75) is 18.6 Å². The lowest BCUT2D eigenvalue weighted by Gasteiger charge is -2.22. The molecular formula is C23H19ClN2O3. The Balaban J connectivity index is 1.64. The fourth-order valence-corrected chi connectivity index (χ4v) is 3.57. The summed E-state index contributed by atoms with van der Waals surface area (Å²) in [5.41, 5.74) is 2.63. The first-order valence-electron chi connectivity index (χ1n) is 9.30. The average Bonchev–Trinajstić information content (AvgIpc) is 3.18. The maximum Gasteiger partial charge on any atom is 0.276 e. The van der Waals surface area contributed by atoms with Gasteiger partial charge in [0.2, 0.25) is 0 Å². The number of para-hydroxylation sites is 2. The second kappa shape index (κ2) is 8.47. The highest BCUT2D eigenvalue weighted by molar-refractivity contribution is 6.30. The molecule has 2 unspecified atom stereocenters. The predicted molar refractivity (Wildman–Crippen MR) is 115 cm³/mol. The van der Waals surface area contributed by atoms with Crippen LogP contribution < -0.4 is 5.06 Å². The molecule has 2 atom stereocenters. The zero-order chi connectivity index (χ0) is 20.2. The molecule has 0 radical (unpaired) electrons. The van der Waals surface area contributed by atoms with E-state index in [1.807, 2.05) is 65.7 Å². The van der Waals surface area contributed by atoms with Gasteiger partial charge in [-0.2, -0.15) is 0 Å². The molecule has 29 heavy (non-hydrogen) atoms. The average molecular weight is 407 g/mol. The number of halogens is 1. The first-order valence-corrected chi connectivity index (χ1v) is 9.68. The van der Waals surface area contributed by atoms with E-state index in [4.69, 9.17) is 16.4 Å². The van der Waals surface area contributed by atoms with Crippen molar-refractivity contribution in [1.82, 2.24) is 0 Å². The summed E-state index contributed by atoms with van der Waals surface area (Å²) in [5, 5.41) is 13.8. The monoisotopic (exact) mass is 406 g/mol. The molecule has 1 fully saturated rings. The summed E-state index contributed by atoms with van der Waals surface area (Å²) in [7, 11) is 0. The summed E-state index contributed by atoms with van der Waals surface area (Å²) in [5.74, 6) is 0. The number of rotatable bonds is 5. The van der Waals surface area contributed by atoms with Crippen molar-refractivity contribution in [2.24, 2.45) is 0 Å². The Kier molecular flexibility index (Phi) is 5.60. The molecule has 1 aliphatic heterocycles. The van der Waals surface area contributed by atoms with Gasteiger partial charge < -0.3 is 0 Å². The van der Waals surface area contributed by atoms with Crippen LogP contribution in [0.1, 0.15) is 23.7 Å². The molecule has 5 nitrogen and oxygen atoms in total. The number of hydrogen-bond acceptors (Lipinski definition) is 4. The molecule has 0 spiro atoms. The van der Waals surface area contributed by atoms with Gasteiger partial charge in [-0.05, 0) is 42.0 Å². The Morgan fingerprint density at radius 1 is 1.00 bits per heavy atom. The second-order valence-corrected chi connectivity index (χ2v) is 7.22. The third kappa shape index (κ3) is 4.31. The molecule has 1 heterocycles. The standard InChI is InChI=1S/C23H19ClN2O3/c24-19-13-10-18(11-14-19)23-16-21(25(29-23)20-7-2-1-3-8-20)15-12-17-6-4-5-9-22(17)26(27)28/h1-15,21,23H,16H2/b15-12+. The van der Waals surface area contributed by atoms with E-state index in [2.05, 4.69) is 0 Å². The third-order valence-electron chi connectivity index (χ3n) is 4.88. The molecule has 146 valence electrons. The lowest BCUT2D eigenvalue weighted by atomic mass is 10.0. The molecule has 4 rings (SSSR count). The molecule has 0 saturated carbocycles. The van der Waals surface area contributed by atoms with E-state index in [1.54, 1.807) is 24.3 Å². The summed E-state index contributed by atoms with van der Waals surface area (Å²) in [4.78, 5) is 17.2. The molecule has 3 aromatic carbocycles. The maximum atomic E-state index is 11.3. The van der Waals surface area contributed by atoms with Crippen molar-refractivity contribution >= 4 is 29.1 Å². The summed E-state index contributed by atoms with van der Waals surface area (Å²) in [6.45, 7) is 0. The van der Waals surface area contributed by atoms with Crippen molar-refractivity contribution < 1.29 is 9.76 Å². The SMILES string of the molecule is O=[N+]([O-])c1ccccc1/C=C/C1CC(c2ccc(Cl)cc2)ON1c1ccccc1. The van der Waals surface area contributed by atoms with Gasteiger partial charge in [-0.3, -0.25) is 15.0 Å². The number of nitro groups is 1. The molecule has 0 bridgehead atoms. The third-order valence-corrected chi connectivity index (χ3v) is 5.13.